The van der Waals surface area contributed by atoms with Crippen molar-refractivity contribution in [2.75, 3.05) is 14.2 Å². The Labute approximate surface area is 158 Å². The maximum atomic E-state index is 13.0. The van der Waals surface area contributed by atoms with Gasteiger partial charge in [0.2, 0.25) is 0 Å². The van der Waals surface area contributed by atoms with Gasteiger partial charge in [0.25, 0.3) is 5.91 Å². The van der Waals surface area contributed by atoms with Crippen molar-refractivity contribution in [1.82, 2.24) is 9.88 Å². The van der Waals surface area contributed by atoms with E-state index in [9.17, 15) is 4.79 Å². The summed E-state index contributed by atoms with van der Waals surface area (Å²) in [5.41, 5.74) is 2.44. The van der Waals surface area contributed by atoms with Crippen LogP contribution in [0.15, 0.2) is 72.9 Å². The molecule has 0 saturated carbocycles. The molecule has 0 saturated heterocycles. The molecule has 0 spiro atoms. The summed E-state index contributed by atoms with van der Waals surface area (Å²) in [5, 5.41) is 3.21. The summed E-state index contributed by atoms with van der Waals surface area (Å²) >= 11 is 0. The van der Waals surface area contributed by atoms with Crippen molar-refractivity contribution in [3.8, 4) is 5.75 Å². The minimum atomic E-state index is -0.0332. The van der Waals surface area contributed by atoms with Crippen LogP contribution in [0.3, 0.4) is 0 Å². The molecule has 1 heterocycles. The molecule has 0 fully saturated rings. The number of hydrogen-bond acceptors (Lipinski definition) is 3. The third-order valence-electron chi connectivity index (χ3n) is 4.74. The van der Waals surface area contributed by atoms with Gasteiger partial charge in [-0.05, 0) is 46.7 Å². The monoisotopic (exact) mass is 356 g/mol. The molecule has 0 radical (unpaired) electrons. The van der Waals surface area contributed by atoms with Gasteiger partial charge < -0.3 is 9.64 Å². The van der Waals surface area contributed by atoms with E-state index >= 15 is 0 Å². The Balaban J connectivity index is 1.60. The molecule has 0 aliphatic carbocycles. The van der Waals surface area contributed by atoms with Crippen LogP contribution in [0.1, 0.15) is 15.9 Å². The molecular formula is C23H20N2O2. The van der Waals surface area contributed by atoms with Crippen molar-refractivity contribution in [3.63, 3.8) is 0 Å². The average molecular weight is 356 g/mol. The first-order valence-electron chi connectivity index (χ1n) is 8.81. The predicted octanol–water partition coefficient (Wildman–Crippen LogP) is 4.67. The molecule has 4 aromatic rings. The molecule has 134 valence electrons. The molecule has 1 amide bonds. The van der Waals surface area contributed by atoms with Gasteiger partial charge >= 0.3 is 0 Å². The summed E-state index contributed by atoms with van der Waals surface area (Å²) < 4.78 is 5.27. The Bertz CT molecular complexity index is 1130. The maximum Gasteiger partial charge on any atom is 0.256 e. The minimum absolute atomic E-state index is 0.0332. The Hall–Kier alpha value is -3.40. The van der Waals surface area contributed by atoms with E-state index in [1.165, 1.54) is 0 Å². The van der Waals surface area contributed by atoms with E-state index in [1.807, 2.05) is 61.6 Å². The molecule has 0 atom stereocenters. The Morgan fingerprint density at radius 2 is 1.74 bits per heavy atom. The molecule has 27 heavy (non-hydrogen) atoms. The van der Waals surface area contributed by atoms with Crippen molar-refractivity contribution >= 4 is 27.6 Å². The van der Waals surface area contributed by atoms with E-state index in [2.05, 4.69) is 17.1 Å². The van der Waals surface area contributed by atoms with E-state index in [0.29, 0.717) is 12.1 Å². The predicted molar refractivity (Wildman–Crippen MR) is 108 cm³/mol. The lowest BCUT2D eigenvalue weighted by Crippen LogP contribution is -2.26. The van der Waals surface area contributed by atoms with Gasteiger partial charge in [-0.25, -0.2) is 0 Å². The molecule has 4 heteroatoms. The molecule has 0 bridgehead atoms. The quantitative estimate of drug-likeness (QED) is 0.534. The van der Waals surface area contributed by atoms with Gasteiger partial charge in [0, 0.05) is 25.2 Å². The smallest absolute Gasteiger partial charge is 0.256 e. The second-order valence-electron chi connectivity index (χ2n) is 6.59. The van der Waals surface area contributed by atoms with Crippen LogP contribution in [0.5, 0.6) is 5.75 Å². The third-order valence-corrected chi connectivity index (χ3v) is 4.74. The third kappa shape index (κ3) is 3.34. The van der Waals surface area contributed by atoms with E-state index in [1.54, 1.807) is 18.2 Å². The standard InChI is InChI=1S/C23H20N2O2/c1-25(23(26)21-7-3-5-17-6-4-12-24-22(17)21)15-16-8-9-19-14-20(27-2)11-10-18(19)13-16/h3-14H,15H2,1-2H3. The van der Waals surface area contributed by atoms with Crippen molar-refractivity contribution in [1.29, 1.82) is 0 Å². The number of carbonyl (C=O) groups excluding carboxylic acids is 1. The van der Waals surface area contributed by atoms with Crippen LogP contribution in [0.25, 0.3) is 21.7 Å². The van der Waals surface area contributed by atoms with Crippen molar-refractivity contribution in [2.24, 2.45) is 0 Å². The second-order valence-corrected chi connectivity index (χ2v) is 6.59. The lowest BCUT2D eigenvalue weighted by Gasteiger charge is -2.18. The summed E-state index contributed by atoms with van der Waals surface area (Å²) in [5.74, 6) is 0.806. The van der Waals surface area contributed by atoms with Gasteiger partial charge in [-0.15, -0.1) is 0 Å². The molecule has 4 nitrogen and oxygen atoms in total. The molecule has 0 aliphatic rings. The Kier molecular flexibility index (Phi) is 4.47. The molecular weight excluding hydrogens is 336 g/mol. The number of nitrogens with zero attached hydrogens (tertiary/aromatic N) is 2. The Morgan fingerprint density at radius 1 is 0.963 bits per heavy atom. The number of amides is 1. The number of para-hydroxylation sites is 1. The van der Waals surface area contributed by atoms with E-state index in [0.717, 1.165) is 33.0 Å². The average Bonchev–Trinajstić information content (AvgIpc) is 2.72. The number of hydrogen-bond donors (Lipinski definition) is 0. The fraction of sp³-hybridized carbons (Fsp3) is 0.130. The molecule has 3 aromatic carbocycles. The number of rotatable bonds is 4. The Morgan fingerprint density at radius 3 is 2.59 bits per heavy atom. The van der Waals surface area contributed by atoms with Gasteiger partial charge in [-0.2, -0.15) is 0 Å². The van der Waals surface area contributed by atoms with Crippen LogP contribution in [-0.2, 0) is 6.54 Å². The summed E-state index contributed by atoms with van der Waals surface area (Å²) in [4.78, 5) is 19.1. The van der Waals surface area contributed by atoms with E-state index < -0.39 is 0 Å². The SMILES string of the molecule is COc1ccc2cc(CN(C)C(=O)c3cccc4cccnc34)ccc2c1. The zero-order chi connectivity index (χ0) is 18.8. The van der Waals surface area contributed by atoms with E-state index in [-0.39, 0.29) is 5.91 Å². The first-order valence-corrected chi connectivity index (χ1v) is 8.81. The molecule has 1 aromatic heterocycles. The van der Waals surface area contributed by atoms with Gasteiger partial charge in [-0.1, -0.05) is 36.4 Å². The second kappa shape index (κ2) is 7.08. The first kappa shape index (κ1) is 17.0. The summed E-state index contributed by atoms with van der Waals surface area (Å²) in [6.45, 7) is 0.532. The molecule has 0 N–H and O–H groups in total. The largest absolute Gasteiger partial charge is 0.497 e. The van der Waals surface area contributed by atoms with Crippen LogP contribution in [0.4, 0.5) is 0 Å². The highest BCUT2D eigenvalue weighted by Gasteiger charge is 2.15. The van der Waals surface area contributed by atoms with Gasteiger partial charge in [-0.3, -0.25) is 9.78 Å². The molecule has 4 rings (SSSR count). The topological polar surface area (TPSA) is 42.4 Å². The van der Waals surface area contributed by atoms with Crippen LogP contribution < -0.4 is 4.74 Å². The molecule has 0 aliphatic heterocycles. The van der Waals surface area contributed by atoms with Crippen molar-refractivity contribution in [3.05, 3.63) is 84.1 Å². The first-order chi connectivity index (χ1) is 13.2. The highest BCUT2D eigenvalue weighted by molar-refractivity contribution is 6.05. The van der Waals surface area contributed by atoms with Crippen LogP contribution in [-0.4, -0.2) is 29.9 Å². The van der Waals surface area contributed by atoms with Gasteiger partial charge in [0.1, 0.15) is 5.75 Å². The summed E-state index contributed by atoms with van der Waals surface area (Å²) in [6.07, 6.45) is 1.72. The summed E-state index contributed by atoms with van der Waals surface area (Å²) in [7, 11) is 3.49. The lowest BCUT2D eigenvalue weighted by molar-refractivity contribution is 0.0787. The van der Waals surface area contributed by atoms with Crippen LogP contribution in [0.2, 0.25) is 0 Å². The normalized spacial score (nSPS) is 10.9. The lowest BCUT2D eigenvalue weighted by atomic mass is 10.1. The van der Waals surface area contributed by atoms with Crippen molar-refractivity contribution < 1.29 is 9.53 Å². The zero-order valence-corrected chi connectivity index (χ0v) is 15.3. The van der Waals surface area contributed by atoms with Crippen LogP contribution >= 0.6 is 0 Å². The minimum Gasteiger partial charge on any atom is -0.497 e. The number of methoxy groups -OCH3 is 1. The fourth-order valence-corrected chi connectivity index (χ4v) is 3.33. The number of benzene rings is 3. The fourth-order valence-electron chi connectivity index (χ4n) is 3.33. The number of aromatic nitrogens is 1. The highest BCUT2D eigenvalue weighted by atomic mass is 16.5. The maximum absolute atomic E-state index is 13.0. The molecule has 0 unspecified atom stereocenters. The van der Waals surface area contributed by atoms with Crippen LogP contribution in [0, 0.1) is 0 Å². The highest BCUT2D eigenvalue weighted by Crippen LogP contribution is 2.23. The number of fused-ring (bicyclic) bond motifs is 2. The number of ether oxygens (including phenoxy) is 1. The number of pyridine rings is 1. The summed E-state index contributed by atoms with van der Waals surface area (Å²) in [6, 6.07) is 21.8. The van der Waals surface area contributed by atoms with Gasteiger partial charge in [0.05, 0.1) is 18.2 Å². The zero-order valence-electron chi connectivity index (χ0n) is 15.3. The van der Waals surface area contributed by atoms with Crippen molar-refractivity contribution in [2.45, 2.75) is 6.54 Å². The number of carbonyl (C=O) groups is 1. The van der Waals surface area contributed by atoms with Gasteiger partial charge in [0.15, 0.2) is 0 Å². The van der Waals surface area contributed by atoms with E-state index in [4.69, 9.17) is 4.74 Å².